The van der Waals surface area contributed by atoms with Crippen LogP contribution in [0.25, 0.3) is 10.1 Å². The highest BCUT2D eigenvalue weighted by atomic mass is 32.1. The Kier molecular flexibility index (Phi) is 7.82. The number of anilines is 1. The third-order valence-electron chi connectivity index (χ3n) is 5.38. The van der Waals surface area contributed by atoms with Crippen molar-refractivity contribution in [3.05, 3.63) is 94.9 Å². The molecule has 36 heavy (non-hydrogen) atoms. The van der Waals surface area contributed by atoms with Gasteiger partial charge in [-0.25, -0.2) is 4.79 Å². The van der Waals surface area contributed by atoms with E-state index in [9.17, 15) is 9.59 Å². The molecule has 5 N–H and O–H groups in total. The SMILES string of the molecule is CC(=O)NCc1ccccc1NC(=O)OCC(Oc1cccc2sc(C(=N)N)cc12)c1ccccc1. The number of fused-ring (bicyclic) bond motifs is 1. The zero-order valence-corrected chi connectivity index (χ0v) is 20.4. The Bertz CT molecular complexity index is 1390. The molecule has 1 heterocycles. The molecular weight excluding hydrogens is 476 g/mol. The average molecular weight is 503 g/mol. The number of hydrogen-bond donors (Lipinski definition) is 4. The van der Waals surface area contributed by atoms with Crippen LogP contribution in [0.2, 0.25) is 0 Å². The van der Waals surface area contributed by atoms with Gasteiger partial charge in [-0.3, -0.25) is 15.5 Å². The van der Waals surface area contributed by atoms with Gasteiger partial charge in [-0.2, -0.15) is 0 Å². The zero-order valence-electron chi connectivity index (χ0n) is 19.6. The van der Waals surface area contributed by atoms with Gasteiger partial charge in [-0.05, 0) is 35.4 Å². The molecule has 3 aromatic carbocycles. The molecule has 1 aromatic heterocycles. The van der Waals surface area contributed by atoms with Crippen molar-refractivity contribution in [2.24, 2.45) is 5.73 Å². The number of carbonyl (C=O) groups excluding carboxylic acids is 2. The van der Waals surface area contributed by atoms with Crippen LogP contribution < -0.4 is 21.1 Å². The molecule has 0 radical (unpaired) electrons. The number of thiophene rings is 1. The van der Waals surface area contributed by atoms with Gasteiger partial charge in [-0.1, -0.05) is 54.6 Å². The summed E-state index contributed by atoms with van der Waals surface area (Å²) in [6.45, 7) is 1.68. The monoisotopic (exact) mass is 502 g/mol. The van der Waals surface area contributed by atoms with E-state index in [0.717, 1.165) is 21.2 Å². The lowest BCUT2D eigenvalue weighted by Crippen LogP contribution is -2.23. The highest BCUT2D eigenvalue weighted by Gasteiger charge is 2.19. The minimum absolute atomic E-state index is 0.000507. The van der Waals surface area contributed by atoms with Gasteiger partial charge < -0.3 is 20.5 Å². The van der Waals surface area contributed by atoms with E-state index in [1.807, 2.05) is 66.7 Å². The molecule has 9 heteroatoms. The first-order valence-electron chi connectivity index (χ1n) is 11.3. The largest absolute Gasteiger partial charge is 0.481 e. The molecule has 2 amide bonds. The van der Waals surface area contributed by atoms with Crippen molar-refractivity contribution in [1.29, 1.82) is 5.41 Å². The standard InChI is InChI=1S/C27H26N4O4S/c1-17(32)30-15-19-10-5-6-11-21(19)31-27(33)34-16-23(18-8-3-2-4-9-18)35-22-12-7-13-24-20(22)14-25(36-24)26(28)29/h2-14,23H,15-16H2,1H3,(H3,28,29)(H,30,32)(H,31,33). The summed E-state index contributed by atoms with van der Waals surface area (Å²) in [5, 5.41) is 14.1. The van der Waals surface area contributed by atoms with Crippen LogP contribution in [0.5, 0.6) is 5.75 Å². The molecule has 0 aliphatic carbocycles. The van der Waals surface area contributed by atoms with Crippen molar-refractivity contribution in [3.8, 4) is 5.75 Å². The lowest BCUT2D eigenvalue weighted by Gasteiger charge is -2.20. The first-order chi connectivity index (χ1) is 17.4. The van der Waals surface area contributed by atoms with Gasteiger partial charge in [0.25, 0.3) is 0 Å². The molecule has 0 saturated carbocycles. The van der Waals surface area contributed by atoms with Crippen LogP contribution in [0.3, 0.4) is 0 Å². The van der Waals surface area contributed by atoms with Gasteiger partial charge in [-0.15, -0.1) is 11.3 Å². The predicted octanol–water partition coefficient (Wildman–Crippen LogP) is 5.19. The second kappa shape index (κ2) is 11.4. The smallest absolute Gasteiger partial charge is 0.411 e. The number of nitrogens with one attached hydrogen (secondary N) is 3. The third kappa shape index (κ3) is 6.19. The Morgan fingerprint density at radius 3 is 2.53 bits per heavy atom. The summed E-state index contributed by atoms with van der Waals surface area (Å²) < 4.78 is 12.8. The summed E-state index contributed by atoms with van der Waals surface area (Å²) in [4.78, 5) is 24.6. The maximum absolute atomic E-state index is 12.7. The maximum Gasteiger partial charge on any atom is 0.411 e. The number of benzene rings is 3. The molecule has 0 aliphatic heterocycles. The van der Waals surface area contributed by atoms with Gasteiger partial charge in [0.05, 0.1) is 4.88 Å². The highest BCUT2D eigenvalue weighted by Crippen LogP contribution is 2.35. The fourth-order valence-electron chi connectivity index (χ4n) is 3.60. The van der Waals surface area contributed by atoms with Gasteiger partial charge in [0.15, 0.2) is 6.10 Å². The molecule has 1 atom stereocenters. The quantitative estimate of drug-likeness (QED) is 0.185. The molecule has 0 saturated heterocycles. The third-order valence-corrected chi connectivity index (χ3v) is 6.51. The maximum atomic E-state index is 12.7. The number of para-hydroxylation sites is 1. The number of hydrogen-bond acceptors (Lipinski definition) is 6. The minimum atomic E-state index is -0.637. The van der Waals surface area contributed by atoms with Crippen LogP contribution in [0.1, 0.15) is 29.0 Å². The van der Waals surface area contributed by atoms with E-state index in [1.54, 1.807) is 12.1 Å². The lowest BCUT2D eigenvalue weighted by atomic mass is 10.1. The second-order valence-corrected chi connectivity index (χ2v) is 9.08. The number of amides is 2. The van der Waals surface area contributed by atoms with Crippen LogP contribution in [-0.4, -0.2) is 24.4 Å². The number of nitrogen functional groups attached to an aromatic ring is 1. The van der Waals surface area contributed by atoms with E-state index in [4.69, 9.17) is 20.6 Å². The summed E-state index contributed by atoms with van der Waals surface area (Å²) >= 11 is 1.42. The van der Waals surface area contributed by atoms with Crippen molar-refractivity contribution >= 4 is 44.9 Å². The Balaban J connectivity index is 1.50. The van der Waals surface area contributed by atoms with E-state index in [2.05, 4.69) is 10.6 Å². The van der Waals surface area contributed by atoms with Crippen molar-refractivity contribution < 1.29 is 19.1 Å². The molecule has 0 bridgehead atoms. The van der Waals surface area contributed by atoms with E-state index < -0.39 is 12.2 Å². The van der Waals surface area contributed by atoms with Crippen LogP contribution in [-0.2, 0) is 16.1 Å². The number of ether oxygens (including phenoxy) is 2. The molecule has 8 nitrogen and oxygen atoms in total. The van der Waals surface area contributed by atoms with Gasteiger partial charge in [0.2, 0.25) is 5.91 Å². The molecule has 0 aliphatic rings. The zero-order chi connectivity index (χ0) is 25.5. The first-order valence-corrected chi connectivity index (χ1v) is 12.1. The molecule has 1 unspecified atom stereocenters. The van der Waals surface area contributed by atoms with Crippen LogP contribution >= 0.6 is 11.3 Å². The molecular formula is C27H26N4O4S. The van der Waals surface area contributed by atoms with Crippen LogP contribution in [0, 0.1) is 5.41 Å². The molecule has 184 valence electrons. The minimum Gasteiger partial charge on any atom is -0.481 e. The summed E-state index contributed by atoms with van der Waals surface area (Å²) in [6, 6.07) is 24.2. The van der Waals surface area contributed by atoms with E-state index in [0.29, 0.717) is 16.3 Å². The summed E-state index contributed by atoms with van der Waals surface area (Å²) in [5.74, 6) is 0.446. The van der Waals surface area contributed by atoms with Crippen molar-refractivity contribution in [1.82, 2.24) is 5.32 Å². The normalized spacial score (nSPS) is 11.5. The summed E-state index contributed by atoms with van der Waals surface area (Å²) in [6.07, 6.45) is -1.21. The van der Waals surface area contributed by atoms with Crippen LogP contribution in [0.4, 0.5) is 10.5 Å². The molecule has 0 fully saturated rings. The van der Waals surface area contributed by atoms with Crippen LogP contribution in [0.15, 0.2) is 78.9 Å². The average Bonchev–Trinajstić information content (AvgIpc) is 3.32. The molecule has 4 rings (SSSR count). The second-order valence-electron chi connectivity index (χ2n) is 8.00. The molecule has 0 spiro atoms. The van der Waals surface area contributed by atoms with Crippen molar-refractivity contribution in [3.63, 3.8) is 0 Å². The van der Waals surface area contributed by atoms with Crippen molar-refractivity contribution in [2.75, 3.05) is 11.9 Å². The van der Waals surface area contributed by atoms with E-state index in [1.165, 1.54) is 18.3 Å². The number of nitrogens with two attached hydrogens (primary N) is 1. The number of carbonyl (C=O) groups is 2. The van der Waals surface area contributed by atoms with Gasteiger partial charge in [0.1, 0.15) is 18.2 Å². The summed E-state index contributed by atoms with van der Waals surface area (Å²) in [5.41, 5.74) is 7.82. The Hall–Kier alpha value is -4.37. The Labute approximate surface area is 212 Å². The summed E-state index contributed by atoms with van der Waals surface area (Å²) in [7, 11) is 0. The topological polar surface area (TPSA) is 127 Å². The molecule has 4 aromatic rings. The van der Waals surface area contributed by atoms with Gasteiger partial charge >= 0.3 is 6.09 Å². The number of amidine groups is 1. The van der Waals surface area contributed by atoms with Gasteiger partial charge in [0, 0.05) is 29.2 Å². The Morgan fingerprint density at radius 2 is 1.78 bits per heavy atom. The fraction of sp³-hybridized carbons (Fsp3) is 0.148. The van der Waals surface area contributed by atoms with E-state index in [-0.39, 0.29) is 24.9 Å². The highest BCUT2D eigenvalue weighted by molar-refractivity contribution is 7.20. The van der Waals surface area contributed by atoms with Crippen molar-refractivity contribution in [2.45, 2.75) is 19.6 Å². The first kappa shape index (κ1) is 24.7. The Morgan fingerprint density at radius 1 is 1.03 bits per heavy atom. The predicted molar refractivity (Wildman–Crippen MR) is 142 cm³/mol. The van der Waals surface area contributed by atoms with E-state index >= 15 is 0 Å². The lowest BCUT2D eigenvalue weighted by molar-refractivity contribution is -0.119. The number of rotatable bonds is 9. The fourth-order valence-corrected chi connectivity index (χ4v) is 4.54.